The van der Waals surface area contributed by atoms with Crippen LogP contribution in [0.4, 0.5) is 0 Å². The van der Waals surface area contributed by atoms with Gasteiger partial charge in [0.1, 0.15) is 0 Å². The second-order valence-electron chi connectivity index (χ2n) is 4.39. The number of thiophene rings is 1. The van der Waals surface area contributed by atoms with Crippen LogP contribution in [0.3, 0.4) is 0 Å². The van der Waals surface area contributed by atoms with E-state index in [1.165, 1.54) is 4.88 Å². The van der Waals surface area contributed by atoms with Gasteiger partial charge in [0, 0.05) is 17.8 Å². The third kappa shape index (κ3) is 3.99. The Labute approximate surface area is 122 Å². The summed E-state index contributed by atoms with van der Waals surface area (Å²) in [4.78, 5) is 1.25. The lowest BCUT2D eigenvalue weighted by molar-refractivity contribution is 0.487. The number of halogens is 1. The zero-order valence-corrected chi connectivity index (χ0v) is 12.7. The molecule has 0 aliphatic heterocycles. The fraction of sp³-hybridized carbons (Fsp3) is 0.583. The first-order valence-electron chi connectivity index (χ1n) is 6.44. The Morgan fingerprint density at radius 1 is 1.47 bits per heavy atom. The summed E-state index contributed by atoms with van der Waals surface area (Å²) >= 11 is 7.53. The number of rotatable bonds is 7. The summed E-state index contributed by atoms with van der Waals surface area (Å²) in [6, 6.07) is 4.14. The number of nitrogens with one attached hydrogen (secondary N) is 1. The Balaban J connectivity index is 1.95. The predicted octanol–water partition coefficient (Wildman–Crippen LogP) is 2.69. The molecular weight excluding hydrogens is 282 g/mol. The Morgan fingerprint density at radius 3 is 3.00 bits per heavy atom. The van der Waals surface area contributed by atoms with E-state index in [9.17, 15) is 0 Å². The minimum absolute atomic E-state index is 0.168. The lowest BCUT2D eigenvalue weighted by atomic mass is 10.3. The number of nitrogens with zero attached hydrogens (tertiary/aromatic N) is 4. The second-order valence-corrected chi connectivity index (χ2v) is 6.19. The first-order chi connectivity index (χ1) is 9.20. The summed E-state index contributed by atoms with van der Waals surface area (Å²) in [6.45, 7) is 5.97. The molecule has 0 fully saturated rings. The van der Waals surface area contributed by atoms with Crippen molar-refractivity contribution in [2.45, 2.75) is 39.3 Å². The average molecular weight is 300 g/mol. The molecule has 104 valence electrons. The lowest BCUT2D eigenvalue weighted by Crippen LogP contribution is -2.23. The Hall–Kier alpha value is -0.980. The number of aryl methyl sites for hydroxylation is 2. The van der Waals surface area contributed by atoms with Gasteiger partial charge in [0.25, 0.3) is 0 Å². The first kappa shape index (κ1) is 14.4. The van der Waals surface area contributed by atoms with E-state index < -0.39 is 0 Å². The smallest absolute Gasteiger partial charge is 0.167 e. The van der Waals surface area contributed by atoms with Gasteiger partial charge in [0.15, 0.2) is 5.82 Å². The quantitative estimate of drug-likeness (QED) is 0.854. The van der Waals surface area contributed by atoms with Crippen LogP contribution in [-0.4, -0.2) is 26.8 Å². The van der Waals surface area contributed by atoms with Gasteiger partial charge in [0.2, 0.25) is 0 Å². The highest BCUT2D eigenvalue weighted by molar-refractivity contribution is 7.16. The van der Waals surface area contributed by atoms with E-state index in [1.54, 1.807) is 11.3 Å². The van der Waals surface area contributed by atoms with Crippen molar-refractivity contribution >= 4 is 22.9 Å². The number of hydrogen-bond acceptors (Lipinski definition) is 5. The number of hydrogen-bond donors (Lipinski definition) is 1. The van der Waals surface area contributed by atoms with Gasteiger partial charge >= 0.3 is 0 Å². The van der Waals surface area contributed by atoms with Gasteiger partial charge in [-0.1, -0.05) is 18.5 Å². The normalized spacial score (nSPS) is 12.8. The maximum Gasteiger partial charge on any atom is 0.167 e. The number of aromatic nitrogens is 4. The van der Waals surface area contributed by atoms with E-state index >= 15 is 0 Å². The lowest BCUT2D eigenvalue weighted by Gasteiger charge is -2.12. The molecule has 7 heteroatoms. The van der Waals surface area contributed by atoms with Gasteiger partial charge in [-0.15, -0.1) is 16.4 Å². The molecule has 1 unspecified atom stereocenters. The molecule has 2 aromatic heterocycles. The van der Waals surface area contributed by atoms with E-state index in [4.69, 9.17) is 11.6 Å². The van der Waals surface area contributed by atoms with Crippen molar-refractivity contribution in [2.75, 3.05) is 6.54 Å². The SMILES string of the molecule is CCCNC(C)c1nnnn1CCc1ccc(Cl)s1. The van der Waals surface area contributed by atoms with Gasteiger partial charge in [0.05, 0.1) is 10.4 Å². The summed E-state index contributed by atoms with van der Waals surface area (Å²) in [7, 11) is 0. The van der Waals surface area contributed by atoms with Crippen molar-refractivity contribution in [2.24, 2.45) is 0 Å². The van der Waals surface area contributed by atoms with Gasteiger partial charge in [-0.3, -0.25) is 0 Å². The van der Waals surface area contributed by atoms with Crippen LogP contribution in [0.5, 0.6) is 0 Å². The van der Waals surface area contributed by atoms with Crippen molar-refractivity contribution in [1.29, 1.82) is 0 Å². The maximum absolute atomic E-state index is 5.92. The molecule has 1 N–H and O–H groups in total. The molecule has 0 aromatic carbocycles. The second kappa shape index (κ2) is 6.98. The van der Waals surface area contributed by atoms with Gasteiger partial charge in [-0.2, -0.15) is 0 Å². The maximum atomic E-state index is 5.92. The molecule has 2 rings (SSSR count). The minimum Gasteiger partial charge on any atom is -0.307 e. The third-order valence-electron chi connectivity index (χ3n) is 2.85. The Morgan fingerprint density at radius 2 is 2.32 bits per heavy atom. The summed E-state index contributed by atoms with van der Waals surface area (Å²) in [5.74, 6) is 0.885. The first-order valence-corrected chi connectivity index (χ1v) is 7.63. The Bertz CT molecular complexity index is 510. The molecule has 2 aromatic rings. The fourth-order valence-electron chi connectivity index (χ4n) is 1.84. The van der Waals surface area contributed by atoms with Gasteiger partial charge in [-0.25, -0.2) is 4.68 Å². The molecular formula is C12H18ClN5S. The summed E-state index contributed by atoms with van der Waals surface area (Å²) in [5, 5.41) is 15.3. The Kier molecular flexibility index (Phi) is 5.30. The van der Waals surface area contributed by atoms with Gasteiger partial charge < -0.3 is 5.32 Å². The molecule has 0 aliphatic rings. The van der Waals surface area contributed by atoms with E-state index in [2.05, 4.69) is 40.8 Å². The summed E-state index contributed by atoms with van der Waals surface area (Å²) < 4.78 is 2.69. The molecule has 5 nitrogen and oxygen atoms in total. The van der Waals surface area contributed by atoms with Crippen LogP contribution in [0.25, 0.3) is 0 Å². The largest absolute Gasteiger partial charge is 0.307 e. The van der Waals surface area contributed by atoms with Crippen molar-refractivity contribution in [3.8, 4) is 0 Å². The molecule has 0 aliphatic carbocycles. The van der Waals surface area contributed by atoms with Crippen LogP contribution < -0.4 is 5.32 Å². The average Bonchev–Trinajstić information content (AvgIpc) is 3.02. The zero-order chi connectivity index (χ0) is 13.7. The van der Waals surface area contributed by atoms with Crippen LogP contribution in [0.2, 0.25) is 4.34 Å². The van der Waals surface area contributed by atoms with E-state index in [-0.39, 0.29) is 6.04 Å². The zero-order valence-electron chi connectivity index (χ0n) is 11.1. The molecule has 19 heavy (non-hydrogen) atoms. The predicted molar refractivity (Wildman–Crippen MR) is 77.6 cm³/mol. The van der Waals surface area contributed by atoms with Crippen LogP contribution in [0.1, 0.15) is 37.0 Å². The monoisotopic (exact) mass is 299 g/mol. The van der Waals surface area contributed by atoms with Gasteiger partial charge in [-0.05, 0) is 42.4 Å². The van der Waals surface area contributed by atoms with Crippen molar-refractivity contribution in [3.63, 3.8) is 0 Å². The highest BCUT2D eigenvalue weighted by Crippen LogP contribution is 2.22. The molecule has 0 saturated carbocycles. The minimum atomic E-state index is 0.168. The highest BCUT2D eigenvalue weighted by atomic mass is 35.5. The van der Waals surface area contributed by atoms with Crippen molar-refractivity contribution < 1.29 is 0 Å². The van der Waals surface area contributed by atoms with E-state index in [0.717, 1.165) is 36.1 Å². The van der Waals surface area contributed by atoms with E-state index in [1.807, 2.05) is 10.7 Å². The highest BCUT2D eigenvalue weighted by Gasteiger charge is 2.13. The summed E-state index contributed by atoms with van der Waals surface area (Å²) in [6.07, 6.45) is 2.00. The van der Waals surface area contributed by atoms with Crippen molar-refractivity contribution in [3.05, 3.63) is 27.2 Å². The van der Waals surface area contributed by atoms with E-state index in [0.29, 0.717) is 0 Å². The molecule has 0 radical (unpaired) electrons. The molecule has 0 saturated heterocycles. The molecule has 1 atom stereocenters. The summed E-state index contributed by atoms with van der Waals surface area (Å²) in [5.41, 5.74) is 0. The molecule has 0 bridgehead atoms. The van der Waals surface area contributed by atoms with Crippen LogP contribution in [-0.2, 0) is 13.0 Å². The third-order valence-corrected chi connectivity index (χ3v) is 4.14. The van der Waals surface area contributed by atoms with Crippen LogP contribution >= 0.6 is 22.9 Å². The fourth-order valence-corrected chi connectivity index (χ4v) is 2.91. The van der Waals surface area contributed by atoms with Crippen LogP contribution in [0.15, 0.2) is 12.1 Å². The topological polar surface area (TPSA) is 55.6 Å². The molecule has 0 spiro atoms. The van der Waals surface area contributed by atoms with Crippen LogP contribution in [0, 0.1) is 0 Å². The molecule has 0 amide bonds. The molecule has 2 heterocycles. The van der Waals surface area contributed by atoms with Crippen molar-refractivity contribution in [1.82, 2.24) is 25.5 Å². The number of tetrazole rings is 1. The standard InChI is InChI=1S/C12H18ClN5S/c1-3-7-14-9(2)12-15-16-17-18(12)8-6-10-4-5-11(13)19-10/h4-5,9,14H,3,6-8H2,1-2H3.